The van der Waals surface area contributed by atoms with Gasteiger partial charge in [-0.05, 0) is 67.9 Å². The number of aryl methyl sites for hydroxylation is 1. The van der Waals surface area contributed by atoms with Crippen LogP contribution in [0, 0.1) is 0 Å². The Kier molecular flexibility index (Phi) is 9.11. The average molecular weight is 542 g/mol. The number of hydrogen-bond donors (Lipinski definition) is 3. The number of hydrogen-bond acceptors (Lipinski definition) is 3. The Labute approximate surface area is 196 Å². The van der Waals surface area contributed by atoms with Gasteiger partial charge in [-0.15, -0.1) is 24.0 Å². The maximum Gasteiger partial charge on any atom is 0.216 e. The van der Waals surface area contributed by atoms with E-state index in [1.807, 2.05) is 44.2 Å². The molecule has 4 N–H and O–H groups in total. The molecule has 0 amide bonds. The van der Waals surface area contributed by atoms with E-state index in [-0.39, 0.29) is 35.8 Å². The number of rotatable bonds is 7. The summed E-state index contributed by atoms with van der Waals surface area (Å²) in [4.78, 5) is 4.43. The van der Waals surface area contributed by atoms with Crippen molar-refractivity contribution in [2.75, 3.05) is 5.32 Å². The second-order valence-corrected chi connectivity index (χ2v) is 9.58. The first-order chi connectivity index (χ1) is 13.8. The van der Waals surface area contributed by atoms with Crippen LogP contribution in [0.3, 0.4) is 0 Å². The molecule has 0 radical (unpaired) electrons. The van der Waals surface area contributed by atoms with Gasteiger partial charge in [0.15, 0.2) is 5.96 Å². The zero-order valence-corrected chi connectivity index (χ0v) is 20.7. The quantitative estimate of drug-likeness (QED) is 0.281. The van der Waals surface area contributed by atoms with E-state index in [2.05, 4.69) is 27.2 Å². The lowest BCUT2D eigenvalue weighted by Gasteiger charge is -2.19. The molecule has 1 aliphatic carbocycles. The SMILES string of the molecule is CC(C)NS(=O)(=O)Cc1ccc(CN=C(N)Nc2cccc3c2CCCC3)cc1.I. The fourth-order valence-corrected chi connectivity index (χ4v) is 5.05. The van der Waals surface area contributed by atoms with Crippen LogP contribution in [-0.2, 0) is 35.2 Å². The fourth-order valence-electron chi connectivity index (χ4n) is 3.61. The summed E-state index contributed by atoms with van der Waals surface area (Å²) >= 11 is 0. The van der Waals surface area contributed by atoms with Crippen molar-refractivity contribution in [1.29, 1.82) is 0 Å². The van der Waals surface area contributed by atoms with Crippen molar-refractivity contribution in [2.45, 2.75) is 57.9 Å². The standard InChI is InChI=1S/C22H30N4O2S.HI/c1-16(2)26-29(27,28)15-18-12-10-17(11-13-18)14-24-22(23)25-21-9-5-7-19-6-3-4-8-20(19)21;/h5,7,9-13,16,26H,3-4,6,8,14-15H2,1-2H3,(H3,23,24,25);1H. The third-order valence-electron chi connectivity index (χ3n) is 4.89. The van der Waals surface area contributed by atoms with Gasteiger partial charge in [0.2, 0.25) is 10.0 Å². The van der Waals surface area contributed by atoms with Gasteiger partial charge in [-0.1, -0.05) is 36.4 Å². The van der Waals surface area contributed by atoms with E-state index in [1.165, 1.54) is 24.0 Å². The maximum atomic E-state index is 12.0. The monoisotopic (exact) mass is 542 g/mol. The molecule has 8 heteroatoms. The van der Waals surface area contributed by atoms with Crippen LogP contribution in [-0.4, -0.2) is 20.4 Å². The zero-order valence-electron chi connectivity index (χ0n) is 17.5. The molecule has 0 aromatic heterocycles. The molecular formula is C22H31IN4O2S. The van der Waals surface area contributed by atoms with Crippen LogP contribution in [0.2, 0.25) is 0 Å². The summed E-state index contributed by atoms with van der Waals surface area (Å²) in [7, 11) is -3.32. The van der Waals surface area contributed by atoms with Crippen molar-refractivity contribution in [2.24, 2.45) is 10.7 Å². The lowest BCUT2D eigenvalue weighted by molar-refractivity contribution is 0.569. The Hall–Kier alpha value is -1.65. The average Bonchev–Trinajstić information content (AvgIpc) is 2.66. The first-order valence-corrected chi connectivity index (χ1v) is 11.7. The summed E-state index contributed by atoms with van der Waals surface area (Å²) < 4.78 is 26.6. The Morgan fingerprint density at radius 2 is 1.73 bits per heavy atom. The molecule has 2 aromatic rings. The van der Waals surface area contributed by atoms with E-state index < -0.39 is 10.0 Å². The van der Waals surface area contributed by atoms with Gasteiger partial charge in [-0.3, -0.25) is 0 Å². The highest BCUT2D eigenvalue weighted by atomic mass is 127. The molecule has 0 unspecified atom stereocenters. The third-order valence-corrected chi connectivity index (χ3v) is 6.43. The predicted octanol–water partition coefficient (Wildman–Crippen LogP) is 3.94. The lowest BCUT2D eigenvalue weighted by Crippen LogP contribution is -2.31. The van der Waals surface area contributed by atoms with Gasteiger partial charge >= 0.3 is 0 Å². The number of fused-ring (bicyclic) bond motifs is 1. The van der Waals surface area contributed by atoms with Crippen molar-refractivity contribution < 1.29 is 8.42 Å². The summed E-state index contributed by atoms with van der Waals surface area (Å²) in [5, 5.41) is 3.24. The molecule has 1 aliphatic rings. The van der Waals surface area contributed by atoms with E-state index >= 15 is 0 Å². The molecule has 6 nitrogen and oxygen atoms in total. The van der Waals surface area contributed by atoms with Crippen LogP contribution in [0.5, 0.6) is 0 Å². The second kappa shape index (κ2) is 11.1. The number of anilines is 1. The van der Waals surface area contributed by atoms with Gasteiger partial charge in [0.1, 0.15) is 0 Å². The summed E-state index contributed by atoms with van der Waals surface area (Å²) in [6.45, 7) is 4.05. The normalized spacial score (nSPS) is 14.2. The summed E-state index contributed by atoms with van der Waals surface area (Å²) in [5.74, 6) is 0.356. The molecule has 0 aliphatic heterocycles. The topological polar surface area (TPSA) is 96.6 Å². The molecular weight excluding hydrogens is 511 g/mol. The lowest BCUT2D eigenvalue weighted by atomic mass is 9.90. The molecule has 0 saturated heterocycles. The van der Waals surface area contributed by atoms with Gasteiger partial charge < -0.3 is 11.1 Å². The number of halogens is 1. The molecule has 30 heavy (non-hydrogen) atoms. The Bertz CT molecular complexity index is 973. The van der Waals surface area contributed by atoms with Gasteiger partial charge in [-0.2, -0.15) is 0 Å². The largest absolute Gasteiger partial charge is 0.370 e. The van der Waals surface area contributed by atoms with Crippen LogP contribution >= 0.6 is 24.0 Å². The van der Waals surface area contributed by atoms with Crippen molar-refractivity contribution in [1.82, 2.24) is 4.72 Å². The minimum absolute atomic E-state index is 0. The van der Waals surface area contributed by atoms with Crippen molar-refractivity contribution in [3.05, 3.63) is 64.7 Å². The highest BCUT2D eigenvalue weighted by Crippen LogP contribution is 2.27. The van der Waals surface area contributed by atoms with Gasteiger partial charge in [0.25, 0.3) is 0 Å². The van der Waals surface area contributed by atoms with Crippen molar-refractivity contribution >= 4 is 45.6 Å². The molecule has 164 valence electrons. The van der Waals surface area contributed by atoms with Crippen LogP contribution in [0.4, 0.5) is 5.69 Å². The molecule has 0 spiro atoms. The predicted molar refractivity (Wildman–Crippen MR) is 135 cm³/mol. The number of guanidine groups is 1. The van der Waals surface area contributed by atoms with E-state index in [0.717, 1.165) is 29.7 Å². The van der Waals surface area contributed by atoms with Gasteiger partial charge in [0, 0.05) is 11.7 Å². The Morgan fingerprint density at radius 3 is 2.43 bits per heavy atom. The smallest absolute Gasteiger partial charge is 0.216 e. The number of nitrogens with zero attached hydrogens (tertiary/aromatic N) is 1. The minimum Gasteiger partial charge on any atom is -0.370 e. The second-order valence-electron chi connectivity index (χ2n) is 7.82. The number of sulfonamides is 1. The van der Waals surface area contributed by atoms with Crippen LogP contribution in [0.25, 0.3) is 0 Å². The molecule has 0 bridgehead atoms. The summed E-state index contributed by atoms with van der Waals surface area (Å²) in [5.41, 5.74) is 11.6. The van der Waals surface area contributed by atoms with Crippen LogP contribution in [0.1, 0.15) is 48.9 Å². The summed E-state index contributed by atoms with van der Waals surface area (Å²) in [6, 6.07) is 13.6. The highest BCUT2D eigenvalue weighted by molar-refractivity contribution is 14.0. The molecule has 0 heterocycles. The van der Waals surface area contributed by atoms with Crippen LogP contribution < -0.4 is 15.8 Å². The number of benzene rings is 2. The van der Waals surface area contributed by atoms with Crippen molar-refractivity contribution in [3.63, 3.8) is 0 Å². The molecule has 2 aromatic carbocycles. The highest BCUT2D eigenvalue weighted by Gasteiger charge is 2.14. The van der Waals surface area contributed by atoms with E-state index in [0.29, 0.717) is 12.5 Å². The molecule has 0 fully saturated rings. The van der Waals surface area contributed by atoms with Gasteiger partial charge in [-0.25, -0.2) is 18.1 Å². The van der Waals surface area contributed by atoms with E-state index in [1.54, 1.807) is 0 Å². The Balaban J connectivity index is 0.00000320. The molecule has 3 rings (SSSR count). The Morgan fingerprint density at radius 1 is 1.07 bits per heavy atom. The molecule has 0 atom stereocenters. The first kappa shape index (κ1) is 24.6. The molecule has 0 saturated carbocycles. The number of nitrogens with one attached hydrogen (secondary N) is 2. The third kappa shape index (κ3) is 7.24. The van der Waals surface area contributed by atoms with Crippen LogP contribution in [0.15, 0.2) is 47.5 Å². The maximum absolute atomic E-state index is 12.0. The number of aliphatic imine (C=N–C) groups is 1. The number of nitrogens with two attached hydrogens (primary N) is 1. The fraction of sp³-hybridized carbons (Fsp3) is 0.409. The zero-order chi connectivity index (χ0) is 20.9. The summed E-state index contributed by atoms with van der Waals surface area (Å²) in [6.07, 6.45) is 4.64. The van der Waals surface area contributed by atoms with E-state index in [4.69, 9.17) is 5.73 Å². The van der Waals surface area contributed by atoms with Crippen molar-refractivity contribution in [3.8, 4) is 0 Å². The first-order valence-electron chi connectivity index (χ1n) is 10.1. The van der Waals surface area contributed by atoms with Gasteiger partial charge in [0.05, 0.1) is 12.3 Å². The van der Waals surface area contributed by atoms with E-state index in [9.17, 15) is 8.42 Å². The minimum atomic E-state index is -3.32.